The zero-order chi connectivity index (χ0) is 14.4. The number of nitro benzene ring substituents is 1. The van der Waals surface area contributed by atoms with Crippen molar-refractivity contribution in [1.82, 2.24) is 0 Å². The second kappa shape index (κ2) is 6.72. The van der Waals surface area contributed by atoms with E-state index in [-0.39, 0.29) is 11.4 Å². The van der Waals surface area contributed by atoms with Crippen molar-refractivity contribution >= 4 is 17.3 Å². The van der Waals surface area contributed by atoms with E-state index in [1.807, 2.05) is 6.92 Å². The van der Waals surface area contributed by atoms with Crippen LogP contribution in [0.25, 0.3) is 0 Å². The smallest absolute Gasteiger partial charge is 0.326 e. The molecule has 0 aliphatic carbocycles. The zero-order valence-corrected chi connectivity index (χ0v) is 11.0. The molecule has 2 N–H and O–H groups in total. The van der Waals surface area contributed by atoms with Gasteiger partial charge in [-0.15, -0.1) is 0 Å². The Kier molecular flexibility index (Phi) is 5.29. The number of unbranched alkanes of at least 4 members (excludes halogenated alkanes) is 1. The highest BCUT2D eigenvalue weighted by Gasteiger charge is 2.22. The Hall–Kier alpha value is -2.11. The zero-order valence-electron chi connectivity index (χ0n) is 11.0. The average molecular weight is 266 g/mol. The molecule has 0 aromatic heterocycles. The van der Waals surface area contributed by atoms with Crippen molar-refractivity contribution in [2.45, 2.75) is 39.2 Å². The van der Waals surface area contributed by atoms with Crippen molar-refractivity contribution < 1.29 is 14.8 Å². The molecule has 1 aromatic rings. The fourth-order valence-electron chi connectivity index (χ4n) is 1.87. The molecule has 1 unspecified atom stereocenters. The van der Waals surface area contributed by atoms with Crippen LogP contribution < -0.4 is 5.32 Å². The number of rotatable bonds is 7. The molecule has 1 rings (SSSR count). The Labute approximate surface area is 111 Å². The molecule has 19 heavy (non-hydrogen) atoms. The molecule has 0 fully saturated rings. The first-order valence-electron chi connectivity index (χ1n) is 6.20. The second-order valence-electron chi connectivity index (χ2n) is 4.41. The quantitative estimate of drug-likeness (QED) is 0.584. The van der Waals surface area contributed by atoms with E-state index < -0.39 is 16.9 Å². The molecular formula is C13H18N2O4. The van der Waals surface area contributed by atoms with Crippen molar-refractivity contribution in [1.29, 1.82) is 0 Å². The van der Waals surface area contributed by atoms with E-state index in [1.165, 1.54) is 6.07 Å². The van der Waals surface area contributed by atoms with Gasteiger partial charge in [-0.3, -0.25) is 10.1 Å². The number of nitrogens with one attached hydrogen (secondary N) is 1. The number of para-hydroxylation sites is 1. The Morgan fingerprint density at radius 1 is 1.53 bits per heavy atom. The fourth-order valence-corrected chi connectivity index (χ4v) is 1.87. The van der Waals surface area contributed by atoms with Gasteiger partial charge in [-0.05, 0) is 19.4 Å². The van der Waals surface area contributed by atoms with Gasteiger partial charge in [-0.2, -0.15) is 0 Å². The van der Waals surface area contributed by atoms with Crippen LogP contribution in [0.2, 0.25) is 0 Å². The predicted octanol–water partition coefficient (Wildman–Crippen LogP) is 2.96. The highest BCUT2D eigenvalue weighted by molar-refractivity contribution is 5.79. The number of carbonyl (C=O) groups is 1. The van der Waals surface area contributed by atoms with E-state index in [0.29, 0.717) is 12.0 Å². The topological polar surface area (TPSA) is 92.5 Å². The molecule has 0 spiro atoms. The summed E-state index contributed by atoms with van der Waals surface area (Å²) in [5, 5.41) is 22.9. The van der Waals surface area contributed by atoms with E-state index >= 15 is 0 Å². The van der Waals surface area contributed by atoms with Gasteiger partial charge in [0.2, 0.25) is 0 Å². The number of hydrogen-bond acceptors (Lipinski definition) is 4. The van der Waals surface area contributed by atoms with Crippen molar-refractivity contribution in [3.8, 4) is 0 Å². The number of nitrogens with zero attached hydrogens (tertiary/aromatic N) is 1. The van der Waals surface area contributed by atoms with Crippen molar-refractivity contribution in [3.05, 3.63) is 33.9 Å². The lowest BCUT2D eigenvalue weighted by Crippen LogP contribution is -2.29. The molecule has 0 amide bonds. The van der Waals surface area contributed by atoms with Crippen molar-refractivity contribution in [3.63, 3.8) is 0 Å². The number of carboxylic acid groups (broad SMARTS) is 1. The summed E-state index contributed by atoms with van der Waals surface area (Å²) in [6.45, 7) is 3.60. The van der Waals surface area contributed by atoms with Crippen LogP contribution in [-0.4, -0.2) is 22.0 Å². The summed E-state index contributed by atoms with van der Waals surface area (Å²) in [6.07, 6.45) is 2.07. The van der Waals surface area contributed by atoms with E-state index in [4.69, 9.17) is 5.11 Å². The van der Waals surface area contributed by atoms with Crippen LogP contribution in [0.1, 0.15) is 31.7 Å². The monoisotopic (exact) mass is 266 g/mol. The number of carboxylic acids is 1. The molecule has 104 valence electrons. The lowest BCUT2D eigenvalue weighted by Gasteiger charge is -2.16. The summed E-state index contributed by atoms with van der Waals surface area (Å²) in [6, 6.07) is 4.03. The van der Waals surface area contributed by atoms with Gasteiger partial charge in [0.05, 0.1) is 4.92 Å². The molecule has 0 bridgehead atoms. The van der Waals surface area contributed by atoms with Crippen molar-refractivity contribution in [2.24, 2.45) is 0 Å². The molecule has 0 saturated heterocycles. The van der Waals surface area contributed by atoms with Crippen LogP contribution in [0.3, 0.4) is 0 Å². The summed E-state index contributed by atoms with van der Waals surface area (Å²) in [4.78, 5) is 21.7. The largest absolute Gasteiger partial charge is 0.480 e. The highest BCUT2D eigenvalue weighted by atomic mass is 16.6. The Morgan fingerprint density at radius 3 is 2.74 bits per heavy atom. The molecular weight excluding hydrogens is 248 g/mol. The molecule has 6 heteroatoms. The number of aryl methyl sites for hydroxylation is 1. The van der Waals surface area contributed by atoms with Crippen LogP contribution in [0.5, 0.6) is 0 Å². The Bertz CT molecular complexity index is 474. The van der Waals surface area contributed by atoms with E-state index in [2.05, 4.69) is 5.32 Å². The molecule has 0 aliphatic rings. The van der Waals surface area contributed by atoms with Gasteiger partial charge in [-0.25, -0.2) is 4.79 Å². The molecule has 0 heterocycles. The third kappa shape index (κ3) is 3.94. The summed E-state index contributed by atoms with van der Waals surface area (Å²) in [7, 11) is 0. The molecule has 6 nitrogen and oxygen atoms in total. The minimum absolute atomic E-state index is 0.0646. The average Bonchev–Trinajstić information content (AvgIpc) is 2.33. The van der Waals surface area contributed by atoms with Gasteiger partial charge in [0, 0.05) is 5.56 Å². The Balaban J connectivity index is 2.99. The lowest BCUT2D eigenvalue weighted by molar-refractivity contribution is -0.384. The lowest BCUT2D eigenvalue weighted by atomic mass is 10.1. The minimum Gasteiger partial charge on any atom is -0.480 e. The van der Waals surface area contributed by atoms with E-state index in [9.17, 15) is 14.9 Å². The van der Waals surface area contributed by atoms with Gasteiger partial charge >= 0.3 is 5.97 Å². The second-order valence-corrected chi connectivity index (χ2v) is 4.41. The third-order valence-electron chi connectivity index (χ3n) is 2.89. The molecule has 1 atom stereocenters. The third-order valence-corrected chi connectivity index (χ3v) is 2.89. The number of anilines is 1. The minimum atomic E-state index is -0.996. The molecule has 1 aromatic carbocycles. The number of nitro groups is 1. The maximum Gasteiger partial charge on any atom is 0.326 e. The van der Waals surface area contributed by atoms with Crippen LogP contribution in [0.4, 0.5) is 11.4 Å². The molecule has 0 radical (unpaired) electrons. The van der Waals surface area contributed by atoms with Gasteiger partial charge in [0.1, 0.15) is 11.7 Å². The SMILES string of the molecule is CCCCC(Nc1cccc(C)c1[N+](=O)[O-])C(=O)O. The fraction of sp³-hybridized carbons (Fsp3) is 0.462. The van der Waals surface area contributed by atoms with Crippen molar-refractivity contribution in [2.75, 3.05) is 5.32 Å². The highest BCUT2D eigenvalue weighted by Crippen LogP contribution is 2.28. The standard InChI is InChI=1S/C13H18N2O4/c1-3-4-7-11(13(16)17)14-10-8-5-6-9(2)12(10)15(18)19/h5-6,8,11,14H,3-4,7H2,1-2H3,(H,16,17). The van der Waals surface area contributed by atoms with Crippen LogP contribution in [-0.2, 0) is 4.79 Å². The van der Waals surface area contributed by atoms with E-state index in [1.54, 1.807) is 19.1 Å². The maximum atomic E-state index is 11.1. The predicted molar refractivity (Wildman–Crippen MR) is 72.4 cm³/mol. The number of aliphatic carboxylic acids is 1. The Morgan fingerprint density at radius 2 is 2.21 bits per heavy atom. The van der Waals surface area contributed by atoms with E-state index in [0.717, 1.165) is 12.8 Å². The summed E-state index contributed by atoms with van der Waals surface area (Å²) < 4.78 is 0. The summed E-state index contributed by atoms with van der Waals surface area (Å²) in [5.74, 6) is -0.996. The normalized spacial score (nSPS) is 11.9. The van der Waals surface area contributed by atoms with Crippen LogP contribution >= 0.6 is 0 Å². The van der Waals surface area contributed by atoms with Gasteiger partial charge in [0.25, 0.3) is 5.69 Å². The van der Waals surface area contributed by atoms with Crippen LogP contribution in [0.15, 0.2) is 18.2 Å². The first-order valence-corrected chi connectivity index (χ1v) is 6.20. The summed E-state index contributed by atoms with van der Waals surface area (Å²) in [5.41, 5.74) is 0.702. The van der Waals surface area contributed by atoms with Gasteiger partial charge in [-0.1, -0.05) is 31.9 Å². The summed E-state index contributed by atoms with van der Waals surface area (Å²) >= 11 is 0. The molecule has 0 saturated carbocycles. The molecule has 0 aliphatic heterocycles. The van der Waals surface area contributed by atoms with Crippen LogP contribution in [0, 0.1) is 17.0 Å². The van der Waals surface area contributed by atoms with Gasteiger partial charge < -0.3 is 10.4 Å². The first kappa shape index (κ1) is 14.9. The maximum absolute atomic E-state index is 11.1. The number of hydrogen-bond donors (Lipinski definition) is 2. The number of benzene rings is 1. The first-order chi connectivity index (χ1) is 8.97. The van der Waals surface area contributed by atoms with Gasteiger partial charge in [0.15, 0.2) is 0 Å².